The fourth-order valence-electron chi connectivity index (χ4n) is 1.48. The molecule has 0 atom stereocenters. The lowest BCUT2D eigenvalue weighted by molar-refractivity contribution is -0.137. The van der Waals surface area contributed by atoms with E-state index < -0.39 is 0 Å². The van der Waals surface area contributed by atoms with Crippen LogP contribution in [0.2, 0.25) is 0 Å². The minimum absolute atomic E-state index is 0.0114. The highest BCUT2D eigenvalue weighted by molar-refractivity contribution is 5.91. The number of anilines is 1. The molecule has 4 nitrogen and oxygen atoms in total. The molecule has 1 amide bonds. The van der Waals surface area contributed by atoms with Crippen LogP contribution in [-0.4, -0.2) is 18.5 Å². The van der Waals surface area contributed by atoms with Crippen LogP contribution in [0.25, 0.3) is 6.08 Å². The van der Waals surface area contributed by atoms with Gasteiger partial charge in [0.05, 0.1) is 6.61 Å². The summed E-state index contributed by atoms with van der Waals surface area (Å²) in [5.41, 5.74) is 1.63. The van der Waals surface area contributed by atoms with Crippen LogP contribution < -0.4 is 5.32 Å². The van der Waals surface area contributed by atoms with Gasteiger partial charge < -0.3 is 10.1 Å². The summed E-state index contributed by atoms with van der Waals surface area (Å²) < 4.78 is 4.78. The number of rotatable bonds is 6. The second-order valence-corrected chi connectivity index (χ2v) is 4.01. The van der Waals surface area contributed by atoms with Crippen molar-refractivity contribution in [2.45, 2.75) is 26.7 Å². The number of carbonyl (C=O) groups excluding carboxylic acids is 2. The Morgan fingerprint density at radius 2 is 1.89 bits per heavy atom. The maximum Gasteiger partial charge on any atom is 0.330 e. The maximum atomic E-state index is 11.4. The van der Waals surface area contributed by atoms with Crippen molar-refractivity contribution in [3.05, 3.63) is 35.9 Å². The number of carbonyl (C=O) groups is 2. The molecule has 19 heavy (non-hydrogen) atoms. The summed E-state index contributed by atoms with van der Waals surface area (Å²) in [6.07, 6.45) is 4.40. The molecule has 1 rings (SSSR count). The first kappa shape index (κ1) is 15.0. The van der Waals surface area contributed by atoms with E-state index >= 15 is 0 Å². The van der Waals surface area contributed by atoms with Gasteiger partial charge in [0.15, 0.2) is 0 Å². The zero-order chi connectivity index (χ0) is 14.1. The number of amides is 1. The van der Waals surface area contributed by atoms with Crippen molar-refractivity contribution in [3.63, 3.8) is 0 Å². The molecular weight excluding hydrogens is 242 g/mol. The van der Waals surface area contributed by atoms with Crippen molar-refractivity contribution in [3.8, 4) is 0 Å². The Bertz CT molecular complexity index is 449. The van der Waals surface area contributed by atoms with Crippen LogP contribution in [0.5, 0.6) is 0 Å². The van der Waals surface area contributed by atoms with Crippen molar-refractivity contribution in [2.24, 2.45) is 0 Å². The van der Waals surface area contributed by atoms with Gasteiger partial charge in [0, 0.05) is 18.2 Å². The van der Waals surface area contributed by atoms with E-state index in [0.29, 0.717) is 13.0 Å². The normalized spacial score (nSPS) is 10.4. The molecule has 0 bridgehead atoms. The minimum Gasteiger partial charge on any atom is -0.463 e. The van der Waals surface area contributed by atoms with E-state index in [1.165, 1.54) is 6.08 Å². The minimum atomic E-state index is -0.358. The third-order valence-corrected chi connectivity index (χ3v) is 2.37. The van der Waals surface area contributed by atoms with E-state index in [1.54, 1.807) is 25.1 Å². The van der Waals surface area contributed by atoms with E-state index in [-0.39, 0.29) is 11.9 Å². The van der Waals surface area contributed by atoms with Crippen LogP contribution in [0.15, 0.2) is 30.3 Å². The van der Waals surface area contributed by atoms with Crippen molar-refractivity contribution in [1.82, 2.24) is 0 Å². The largest absolute Gasteiger partial charge is 0.463 e. The molecule has 0 aliphatic heterocycles. The van der Waals surface area contributed by atoms with Crippen molar-refractivity contribution >= 4 is 23.6 Å². The second-order valence-electron chi connectivity index (χ2n) is 4.01. The third kappa shape index (κ3) is 5.86. The molecule has 0 fully saturated rings. The standard InChI is InChI=1S/C15H19NO3/c1-3-5-14(17)16-13-9-6-12(7-10-13)8-11-15(18)19-4-2/h6-11H,3-5H2,1-2H3,(H,16,17). The summed E-state index contributed by atoms with van der Waals surface area (Å²) >= 11 is 0. The predicted molar refractivity (Wildman–Crippen MR) is 75.6 cm³/mol. The molecule has 0 aliphatic carbocycles. The maximum absolute atomic E-state index is 11.4. The number of benzene rings is 1. The Balaban J connectivity index is 2.56. The lowest BCUT2D eigenvalue weighted by Crippen LogP contribution is -2.10. The van der Waals surface area contributed by atoms with Gasteiger partial charge in [-0.1, -0.05) is 19.1 Å². The summed E-state index contributed by atoms with van der Waals surface area (Å²) in [5.74, 6) is -0.347. The van der Waals surface area contributed by atoms with Gasteiger partial charge in [-0.15, -0.1) is 0 Å². The van der Waals surface area contributed by atoms with Crippen LogP contribution in [0.3, 0.4) is 0 Å². The fourth-order valence-corrected chi connectivity index (χ4v) is 1.48. The monoisotopic (exact) mass is 261 g/mol. The zero-order valence-electron chi connectivity index (χ0n) is 11.3. The first-order valence-corrected chi connectivity index (χ1v) is 6.40. The molecule has 0 saturated heterocycles. The highest BCUT2D eigenvalue weighted by atomic mass is 16.5. The molecule has 0 aliphatic rings. The molecule has 0 unspecified atom stereocenters. The lowest BCUT2D eigenvalue weighted by atomic mass is 10.2. The first-order valence-electron chi connectivity index (χ1n) is 6.40. The van der Waals surface area contributed by atoms with Crippen LogP contribution in [-0.2, 0) is 14.3 Å². The Morgan fingerprint density at radius 3 is 2.47 bits per heavy atom. The zero-order valence-corrected chi connectivity index (χ0v) is 11.3. The Labute approximate surface area is 113 Å². The van der Waals surface area contributed by atoms with Gasteiger partial charge in [0.2, 0.25) is 5.91 Å². The topological polar surface area (TPSA) is 55.4 Å². The van der Waals surface area contributed by atoms with E-state index in [4.69, 9.17) is 4.74 Å². The van der Waals surface area contributed by atoms with Crippen molar-refractivity contribution in [1.29, 1.82) is 0 Å². The highest BCUT2D eigenvalue weighted by Crippen LogP contribution is 2.11. The van der Waals surface area contributed by atoms with Gasteiger partial charge >= 0.3 is 5.97 Å². The molecule has 1 aromatic rings. The molecule has 1 N–H and O–H groups in total. The van der Waals surface area contributed by atoms with Crippen LogP contribution in [0, 0.1) is 0 Å². The van der Waals surface area contributed by atoms with Gasteiger partial charge in [-0.25, -0.2) is 4.79 Å². The summed E-state index contributed by atoms with van der Waals surface area (Å²) in [6.45, 7) is 4.09. The van der Waals surface area contributed by atoms with E-state index in [1.807, 2.05) is 19.1 Å². The van der Waals surface area contributed by atoms with E-state index in [0.717, 1.165) is 17.7 Å². The predicted octanol–water partition coefficient (Wildman–Crippen LogP) is 3.00. The number of ether oxygens (including phenoxy) is 1. The molecule has 0 saturated carbocycles. The summed E-state index contributed by atoms with van der Waals surface area (Å²) in [4.78, 5) is 22.5. The number of nitrogens with one attached hydrogen (secondary N) is 1. The molecule has 102 valence electrons. The van der Waals surface area contributed by atoms with Crippen LogP contribution in [0.1, 0.15) is 32.3 Å². The number of hydrogen-bond donors (Lipinski definition) is 1. The smallest absolute Gasteiger partial charge is 0.330 e. The molecule has 1 aromatic carbocycles. The highest BCUT2D eigenvalue weighted by Gasteiger charge is 2.00. The van der Waals surface area contributed by atoms with E-state index in [2.05, 4.69) is 5.32 Å². The second kappa shape index (κ2) is 8.08. The first-order chi connectivity index (χ1) is 9.15. The molecule has 0 aromatic heterocycles. The Kier molecular flexibility index (Phi) is 6.36. The van der Waals surface area contributed by atoms with Crippen molar-refractivity contribution in [2.75, 3.05) is 11.9 Å². The van der Waals surface area contributed by atoms with Gasteiger partial charge in [-0.3, -0.25) is 4.79 Å². The molecule has 0 spiro atoms. The number of esters is 1. The Hall–Kier alpha value is -2.10. The van der Waals surface area contributed by atoms with Crippen LogP contribution in [0.4, 0.5) is 5.69 Å². The number of hydrogen-bond acceptors (Lipinski definition) is 3. The van der Waals surface area contributed by atoms with E-state index in [9.17, 15) is 9.59 Å². The summed E-state index contributed by atoms with van der Waals surface area (Å²) in [5, 5.41) is 2.80. The lowest BCUT2D eigenvalue weighted by Gasteiger charge is -2.04. The van der Waals surface area contributed by atoms with Gasteiger partial charge in [0.25, 0.3) is 0 Å². The van der Waals surface area contributed by atoms with Gasteiger partial charge in [-0.05, 0) is 37.1 Å². The summed E-state index contributed by atoms with van der Waals surface area (Å²) in [7, 11) is 0. The Morgan fingerprint density at radius 1 is 1.21 bits per heavy atom. The molecular formula is C15H19NO3. The molecule has 0 radical (unpaired) electrons. The SMILES string of the molecule is CCCC(=O)Nc1ccc(C=CC(=O)OCC)cc1. The average Bonchev–Trinajstić information content (AvgIpc) is 2.38. The molecule has 4 heteroatoms. The van der Waals surface area contributed by atoms with Crippen LogP contribution >= 0.6 is 0 Å². The fraction of sp³-hybridized carbons (Fsp3) is 0.333. The average molecular weight is 261 g/mol. The van der Waals surface area contributed by atoms with Gasteiger partial charge in [0.1, 0.15) is 0 Å². The third-order valence-electron chi connectivity index (χ3n) is 2.37. The van der Waals surface area contributed by atoms with Crippen molar-refractivity contribution < 1.29 is 14.3 Å². The van der Waals surface area contributed by atoms with Gasteiger partial charge in [-0.2, -0.15) is 0 Å². The quantitative estimate of drug-likeness (QED) is 0.632. The summed E-state index contributed by atoms with van der Waals surface area (Å²) in [6, 6.07) is 7.27. The molecule has 0 heterocycles.